The zero-order valence-electron chi connectivity index (χ0n) is 9.52. The Labute approximate surface area is 86.7 Å². The van der Waals surface area contributed by atoms with Crippen LogP contribution >= 0.6 is 0 Å². The molecule has 0 atom stereocenters. The van der Waals surface area contributed by atoms with Gasteiger partial charge in [0.25, 0.3) is 0 Å². The number of benzene rings is 1. The maximum atomic E-state index is 2.35. The first-order valence-corrected chi connectivity index (χ1v) is 5.38. The van der Waals surface area contributed by atoms with Gasteiger partial charge in [-0.3, -0.25) is 0 Å². The molecule has 0 spiro atoms. The van der Waals surface area contributed by atoms with Crippen molar-refractivity contribution >= 4 is 6.08 Å². The van der Waals surface area contributed by atoms with E-state index in [9.17, 15) is 0 Å². The molecule has 0 N–H and O–H groups in total. The molecule has 0 nitrogen and oxygen atoms in total. The van der Waals surface area contributed by atoms with Gasteiger partial charge >= 0.3 is 0 Å². The third-order valence-corrected chi connectivity index (χ3v) is 2.92. The summed E-state index contributed by atoms with van der Waals surface area (Å²) in [7, 11) is 0. The molecule has 0 aliphatic heterocycles. The Morgan fingerprint density at radius 3 is 2.50 bits per heavy atom. The second-order valence-electron chi connectivity index (χ2n) is 4.75. The van der Waals surface area contributed by atoms with Gasteiger partial charge < -0.3 is 0 Å². The summed E-state index contributed by atoms with van der Waals surface area (Å²) >= 11 is 0. The van der Waals surface area contributed by atoms with Crippen molar-refractivity contribution in [2.75, 3.05) is 0 Å². The normalized spacial score (nSPS) is 14.5. The highest BCUT2D eigenvalue weighted by atomic mass is 14.2. The van der Waals surface area contributed by atoms with Crippen molar-refractivity contribution in [1.29, 1.82) is 0 Å². The van der Waals surface area contributed by atoms with E-state index in [1.54, 1.807) is 0 Å². The zero-order valence-corrected chi connectivity index (χ0v) is 9.52. The summed E-state index contributed by atoms with van der Waals surface area (Å²) in [6.07, 6.45) is 3.50. The van der Waals surface area contributed by atoms with Gasteiger partial charge in [-0.05, 0) is 42.9 Å². The second-order valence-corrected chi connectivity index (χ2v) is 4.75. The molecule has 2 rings (SSSR count). The van der Waals surface area contributed by atoms with E-state index in [-0.39, 0.29) is 0 Å². The minimum atomic E-state index is 0.630. The van der Waals surface area contributed by atoms with E-state index in [4.69, 9.17) is 0 Å². The van der Waals surface area contributed by atoms with Crippen LogP contribution < -0.4 is 0 Å². The van der Waals surface area contributed by atoms with Crippen LogP contribution in [0.4, 0.5) is 0 Å². The predicted octanol–water partition coefficient (Wildman–Crippen LogP) is 4.08. The minimum Gasteiger partial charge on any atom is -0.0683 e. The Morgan fingerprint density at radius 1 is 1.14 bits per heavy atom. The quantitative estimate of drug-likeness (QED) is 0.620. The van der Waals surface area contributed by atoms with Gasteiger partial charge in [-0.25, -0.2) is 0 Å². The van der Waals surface area contributed by atoms with Gasteiger partial charge in [0.1, 0.15) is 0 Å². The fourth-order valence-corrected chi connectivity index (χ4v) is 2.30. The Bertz CT molecular complexity index is 395. The fraction of sp³-hybridized carbons (Fsp3) is 0.429. The maximum Gasteiger partial charge on any atom is -0.00604 e. The lowest BCUT2D eigenvalue weighted by atomic mass is 9.93. The van der Waals surface area contributed by atoms with Crippen LogP contribution in [-0.2, 0) is 6.42 Å². The minimum absolute atomic E-state index is 0.630. The Morgan fingerprint density at radius 2 is 1.86 bits per heavy atom. The first-order chi connectivity index (χ1) is 6.58. The molecule has 0 fully saturated rings. The molecule has 0 saturated carbocycles. The third-order valence-electron chi connectivity index (χ3n) is 2.92. The van der Waals surface area contributed by atoms with E-state index < -0.39 is 0 Å². The molecule has 1 aromatic rings. The molecule has 14 heavy (non-hydrogen) atoms. The number of fused-ring (bicyclic) bond motifs is 1. The standard InChI is InChI=1S/C14H18/c1-9(2)13-7-10(3)5-12-6-11(4)8-14(12)13/h5,7-9H,6H2,1-4H3. The van der Waals surface area contributed by atoms with Crippen LogP contribution in [0.25, 0.3) is 6.08 Å². The van der Waals surface area contributed by atoms with Crippen LogP contribution in [0.1, 0.15) is 48.9 Å². The molecule has 0 amide bonds. The van der Waals surface area contributed by atoms with Crippen LogP contribution in [0.5, 0.6) is 0 Å². The summed E-state index contributed by atoms with van der Waals surface area (Å²) in [4.78, 5) is 0. The van der Waals surface area contributed by atoms with E-state index in [0.29, 0.717) is 5.92 Å². The molecule has 0 heteroatoms. The van der Waals surface area contributed by atoms with E-state index in [1.165, 1.54) is 27.8 Å². The highest BCUT2D eigenvalue weighted by molar-refractivity contribution is 5.67. The highest BCUT2D eigenvalue weighted by Gasteiger charge is 2.15. The molecule has 0 aromatic heterocycles. The van der Waals surface area contributed by atoms with Crippen LogP contribution in [0.15, 0.2) is 17.7 Å². The van der Waals surface area contributed by atoms with Gasteiger partial charge in [0.15, 0.2) is 0 Å². The second kappa shape index (κ2) is 3.27. The van der Waals surface area contributed by atoms with Crippen LogP contribution in [0.2, 0.25) is 0 Å². The molecular weight excluding hydrogens is 168 g/mol. The fourth-order valence-electron chi connectivity index (χ4n) is 2.30. The Kier molecular flexibility index (Phi) is 2.22. The van der Waals surface area contributed by atoms with Gasteiger partial charge in [0.2, 0.25) is 0 Å². The zero-order chi connectivity index (χ0) is 10.3. The summed E-state index contributed by atoms with van der Waals surface area (Å²) in [6.45, 7) is 8.96. The molecule has 0 heterocycles. The topological polar surface area (TPSA) is 0 Å². The molecular formula is C14H18. The highest BCUT2D eigenvalue weighted by Crippen LogP contribution is 2.32. The lowest BCUT2D eigenvalue weighted by Gasteiger charge is -2.12. The number of hydrogen-bond acceptors (Lipinski definition) is 0. The van der Waals surface area contributed by atoms with Gasteiger partial charge in [-0.1, -0.05) is 43.2 Å². The summed E-state index contributed by atoms with van der Waals surface area (Å²) < 4.78 is 0. The summed E-state index contributed by atoms with van der Waals surface area (Å²) in [5.74, 6) is 0.630. The van der Waals surface area contributed by atoms with Crippen molar-refractivity contribution in [2.24, 2.45) is 0 Å². The van der Waals surface area contributed by atoms with Crippen molar-refractivity contribution in [1.82, 2.24) is 0 Å². The van der Waals surface area contributed by atoms with E-state index in [1.807, 2.05) is 0 Å². The van der Waals surface area contributed by atoms with Crippen LogP contribution in [0, 0.1) is 6.92 Å². The van der Waals surface area contributed by atoms with Gasteiger partial charge in [-0.2, -0.15) is 0 Å². The summed E-state index contributed by atoms with van der Waals surface area (Å²) in [5.41, 5.74) is 7.41. The number of allylic oxidation sites excluding steroid dienone is 1. The first-order valence-electron chi connectivity index (χ1n) is 5.38. The average molecular weight is 186 g/mol. The van der Waals surface area contributed by atoms with E-state index in [0.717, 1.165) is 6.42 Å². The van der Waals surface area contributed by atoms with Crippen molar-refractivity contribution in [3.63, 3.8) is 0 Å². The summed E-state index contributed by atoms with van der Waals surface area (Å²) in [5, 5.41) is 0. The third kappa shape index (κ3) is 1.50. The smallest absolute Gasteiger partial charge is 0.00604 e. The lowest BCUT2D eigenvalue weighted by Crippen LogP contribution is -1.95. The SMILES string of the molecule is CC1=Cc2c(cc(C)cc2C(C)C)C1. The molecule has 1 aliphatic rings. The van der Waals surface area contributed by atoms with Crippen LogP contribution in [-0.4, -0.2) is 0 Å². The molecule has 0 saturated heterocycles. The van der Waals surface area contributed by atoms with Crippen molar-refractivity contribution in [3.8, 4) is 0 Å². The maximum absolute atomic E-state index is 2.35. The van der Waals surface area contributed by atoms with Gasteiger partial charge in [0.05, 0.1) is 0 Å². The molecule has 1 aliphatic carbocycles. The monoisotopic (exact) mass is 186 g/mol. The van der Waals surface area contributed by atoms with Crippen molar-refractivity contribution in [3.05, 3.63) is 40.0 Å². The van der Waals surface area contributed by atoms with Crippen LogP contribution in [0.3, 0.4) is 0 Å². The van der Waals surface area contributed by atoms with Gasteiger partial charge in [0, 0.05) is 0 Å². The van der Waals surface area contributed by atoms with Crippen molar-refractivity contribution in [2.45, 2.75) is 40.0 Å². The summed E-state index contributed by atoms with van der Waals surface area (Å²) in [6, 6.07) is 4.66. The lowest BCUT2D eigenvalue weighted by molar-refractivity contribution is 0.860. The number of rotatable bonds is 1. The molecule has 0 unspecified atom stereocenters. The van der Waals surface area contributed by atoms with Gasteiger partial charge in [-0.15, -0.1) is 0 Å². The van der Waals surface area contributed by atoms with E-state index >= 15 is 0 Å². The predicted molar refractivity (Wildman–Crippen MR) is 62.6 cm³/mol. The first kappa shape index (κ1) is 9.51. The Hall–Kier alpha value is -1.04. The molecule has 0 radical (unpaired) electrons. The number of aryl methyl sites for hydroxylation is 1. The van der Waals surface area contributed by atoms with Crippen molar-refractivity contribution < 1.29 is 0 Å². The molecule has 74 valence electrons. The Balaban J connectivity index is 2.60. The van der Waals surface area contributed by atoms with E-state index in [2.05, 4.69) is 45.9 Å². The average Bonchev–Trinajstić information content (AvgIpc) is 2.42. The molecule has 0 bridgehead atoms. The molecule has 1 aromatic carbocycles. The largest absolute Gasteiger partial charge is 0.0683 e. The number of hydrogen-bond donors (Lipinski definition) is 0.